The number of aryl methyl sites for hydroxylation is 1. The molecule has 0 atom stereocenters. The fourth-order valence-electron chi connectivity index (χ4n) is 4.21. The molecule has 0 spiro atoms. The van der Waals surface area contributed by atoms with Gasteiger partial charge in [-0.2, -0.15) is 0 Å². The Labute approximate surface area is 178 Å². The molecule has 1 fully saturated rings. The summed E-state index contributed by atoms with van der Waals surface area (Å²) in [7, 11) is 0. The zero-order valence-corrected chi connectivity index (χ0v) is 17.5. The van der Waals surface area contributed by atoms with E-state index in [9.17, 15) is 9.59 Å². The quantitative estimate of drug-likeness (QED) is 0.553. The summed E-state index contributed by atoms with van der Waals surface area (Å²) in [6.45, 7) is 4.57. The lowest BCUT2D eigenvalue weighted by molar-refractivity contribution is -0.119. The molecule has 8 heteroatoms. The van der Waals surface area contributed by atoms with E-state index in [2.05, 4.69) is 15.3 Å². The summed E-state index contributed by atoms with van der Waals surface area (Å²) in [6, 6.07) is 9.91. The standard InChI is InChI=1S/C23H23N5O3/c1-14(29)25-18-7-9-27(10-8-18)23(30)20-12-24-22-6-4-17(13-28(20)22)16-3-5-21-19(11-16)26-15(2)31-21/h3-6,11-13,18H,7-10H2,1-2H3,(H,25,29). The molecule has 2 amide bonds. The second kappa shape index (κ2) is 7.54. The van der Waals surface area contributed by atoms with Gasteiger partial charge in [-0.05, 0) is 48.2 Å². The Morgan fingerprint density at radius 2 is 1.90 bits per heavy atom. The molecule has 1 saturated heterocycles. The van der Waals surface area contributed by atoms with E-state index in [0.29, 0.717) is 24.7 Å². The second-order valence-corrected chi connectivity index (χ2v) is 7.97. The first-order valence-corrected chi connectivity index (χ1v) is 10.4. The zero-order chi connectivity index (χ0) is 21.5. The van der Waals surface area contributed by atoms with Crippen molar-refractivity contribution in [2.24, 2.45) is 0 Å². The fraction of sp³-hybridized carbons (Fsp3) is 0.304. The molecule has 8 nitrogen and oxygen atoms in total. The maximum absolute atomic E-state index is 13.2. The Morgan fingerprint density at radius 3 is 2.68 bits per heavy atom. The largest absolute Gasteiger partial charge is 0.441 e. The Kier molecular flexibility index (Phi) is 4.69. The van der Waals surface area contributed by atoms with Crippen molar-refractivity contribution in [1.82, 2.24) is 24.6 Å². The van der Waals surface area contributed by atoms with Gasteiger partial charge >= 0.3 is 0 Å². The predicted octanol–water partition coefficient (Wildman–Crippen LogP) is 3.19. The molecular formula is C23H23N5O3. The minimum absolute atomic E-state index is 0.0296. The summed E-state index contributed by atoms with van der Waals surface area (Å²) in [5.74, 6) is 0.555. The molecule has 0 radical (unpaired) electrons. The smallest absolute Gasteiger partial charge is 0.272 e. The van der Waals surface area contributed by atoms with E-state index in [1.54, 1.807) is 6.20 Å². The minimum Gasteiger partial charge on any atom is -0.441 e. The number of carbonyl (C=O) groups is 2. The number of oxazole rings is 1. The van der Waals surface area contributed by atoms with Crippen LogP contribution in [0.4, 0.5) is 0 Å². The van der Waals surface area contributed by atoms with E-state index in [-0.39, 0.29) is 17.9 Å². The molecule has 1 aliphatic rings. The van der Waals surface area contributed by atoms with Crippen LogP contribution in [0.25, 0.3) is 27.9 Å². The van der Waals surface area contributed by atoms with Crippen molar-refractivity contribution in [2.75, 3.05) is 13.1 Å². The van der Waals surface area contributed by atoms with Crippen LogP contribution in [-0.4, -0.2) is 50.2 Å². The molecule has 158 valence electrons. The third-order valence-corrected chi connectivity index (χ3v) is 5.74. The number of nitrogens with one attached hydrogen (secondary N) is 1. The molecule has 4 heterocycles. The lowest BCUT2D eigenvalue weighted by Gasteiger charge is -2.32. The van der Waals surface area contributed by atoms with E-state index in [0.717, 1.165) is 40.7 Å². The topological polar surface area (TPSA) is 92.7 Å². The van der Waals surface area contributed by atoms with Crippen molar-refractivity contribution >= 4 is 28.6 Å². The number of likely N-dealkylation sites (tertiary alicyclic amines) is 1. The van der Waals surface area contributed by atoms with E-state index in [1.165, 1.54) is 6.92 Å². The second-order valence-electron chi connectivity index (χ2n) is 7.97. The van der Waals surface area contributed by atoms with Gasteiger partial charge in [0.2, 0.25) is 5.91 Å². The first kappa shape index (κ1) is 19.3. The lowest BCUT2D eigenvalue weighted by atomic mass is 10.0. The normalized spacial score (nSPS) is 15.0. The number of aromatic nitrogens is 3. The lowest BCUT2D eigenvalue weighted by Crippen LogP contribution is -2.46. The number of rotatable bonds is 3. The van der Waals surface area contributed by atoms with Crippen LogP contribution in [0.1, 0.15) is 36.1 Å². The van der Waals surface area contributed by atoms with Crippen LogP contribution in [0.3, 0.4) is 0 Å². The minimum atomic E-state index is -0.0477. The number of benzene rings is 1. The summed E-state index contributed by atoms with van der Waals surface area (Å²) < 4.78 is 7.41. The zero-order valence-electron chi connectivity index (χ0n) is 17.5. The van der Waals surface area contributed by atoms with E-state index in [4.69, 9.17) is 4.42 Å². The van der Waals surface area contributed by atoms with Crippen LogP contribution in [0.2, 0.25) is 0 Å². The Morgan fingerprint density at radius 1 is 1.13 bits per heavy atom. The van der Waals surface area contributed by atoms with Crippen LogP contribution in [0, 0.1) is 6.92 Å². The molecule has 5 rings (SSSR count). The maximum Gasteiger partial charge on any atom is 0.272 e. The highest BCUT2D eigenvalue weighted by Crippen LogP contribution is 2.26. The van der Waals surface area contributed by atoms with Gasteiger partial charge < -0.3 is 14.6 Å². The SMILES string of the molecule is CC(=O)NC1CCN(C(=O)c2cnc3ccc(-c4ccc5oc(C)nc5c4)cn23)CC1. The first-order valence-electron chi connectivity index (χ1n) is 10.4. The number of amides is 2. The van der Waals surface area contributed by atoms with Crippen LogP contribution in [0.5, 0.6) is 0 Å². The number of fused-ring (bicyclic) bond motifs is 2. The summed E-state index contributed by atoms with van der Waals surface area (Å²) in [4.78, 5) is 35.1. The summed E-state index contributed by atoms with van der Waals surface area (Å²) in [6.07, 6.45) is 5.08. The molecule has 0 aliphatic carbocycles. The van der Waals surface area contributed by atoms with Gasteiger partial charge in [0.25, 0.3) is 5.91 Å². The number of nitrogens with zero attached hydrogens (tertiary/aromatic N) is 4. The number of carbonyl (C=O) groups excluding carboxylic acids is 2. The molecule has 31 heavy (non-hydrogen) atoms. The van der Waals surface area contributed by atoms with Gasteiger partial charge in [0.15, 0.2) is 11.5 Å². The van der Waals surface area contributed by atoms with Crippen LogP contribution in [0.15, 0.2) is 47.1 Å². The van der Waals surface area contributed by atoms with Crippen molar-refractivity contribution in [2.45, 2.75) is 32.7 Å². The Bertz CT molecular complexity index is 1300. The third-order valence-electron chi connectivity index (χ3n) is 5.74. The van der Waals surface area contributed by atoms with Crippen molar-refractivity contribution in [1.29, 1.82) is 0 Å². The molecule has 1 aromatic carbocycles. The van der Waals surface area contributed by atoms with Crippen LogP contribution in [-0.2, 0) is 4.79 Å². The third kappa shape index (κ3) is 3.65. The maximum atomic E-state index is 13.2. The van der Waals surface area contributed by atoms with E-state index in [1.807, 2.05) is 52.8 Å². The number of piperidine rings is 1. The van der Waals surface area contributed by atoms with Crippen molar-refractivity contribution in [3.63, 3.8) is 0 Å². The van der Waals surface area contributed by atoms with Gasteiger partial charge in [0.1, 0.15) is 16.9 Å². The molecule has 4 aromatic rings. The van der Waals surface area contributed by atoms with Gasteiger partial charge in [0, 0.05) is 39.2 Å². The Hall–Kier alpha value is -3.68. The number of hydrogen-bond acceptors (Lipinski definition) is 5. The van der Waals surface area contributed by atoms with Crippen molar-refractivity contribution in [3.05, 3.63) is 54.3 Å². The summed E-state index contributed by atoms with van der Waals surface area (Å²) in [5, 5.41) is 2.94. The predicted molar refractivity (Wildman–Crippen MR) is 116 cm³/mol. The average Bonchev–Trinajstić information content (AvgIpc) is 3.34. The van der Waals surface area contributed by atoms with Crippen LogP contribution >= 0.6 is 0 Å². The fourth-order valence-corrected chi connectivity index (χ4v) is 4.21. The summed E-state index contributed by atoms with van der Waals surface area (Å²) in [5.41, 5.74) is 4.77. The van der Waals surface area contributed by atoms with E-state index < -0.39 is 0 Å². The highest BCUT2D eigenvalue weighted by molar-refractivity contribution is 5.93. The molecule has 0 saturated carbocycles. The Balaban J connectivity index is 1.42. The highest BCUT2D eigenvalue weighted by Gasteiger charge is 2.26. The number of hydrogen-bond donors (Lipinski definition) is 1. The van der Waals surface area contributed by atoms with Crippen molar-refractivity contribution < 1.29 is 14.0 Å². The van der Waals surface area contributed by atoms with Crippen LogP contribution < -0.4 is 5.32 Å². The summed E-state index contributed by atoms with van der Waals surface area (Å²) >= 11 is 0. The van der Waals surface area contributed by atoms with Gasteiger partial charge in [-0.25, -0.2) is 9.97 Å². The number of pyridine rings is 1. The van der Waals surface area contributed by atoms with Gasteiger partial charge in [-0.15, -0.1) is 0 Å². The molecule has 1 N–H and O–H groups in total. The molecule has 1 aliphatic heterocycles. The van der Waals surface area contributed by atoms with Gasteiger partial charge in [-0.3, -0.25) is 14.0 Å². The highest BCUT2D eigenvalue weighted by atomic mass is 16.3. The molecule has 0 bridgehead atoms. The molecular weight excluding hydrogens is 394 g/mol. The first-order chi connectivity index (χ1) is 15.0. The molecule has 0 unspecified atom stereocenters. The monoisotopic (exact) mass is 417 g/mol. The van der Waals surface area contributed by atoms with Crippen molar-refractivity contribution in [3.8, 4) is 11.1 Å². The van der Waals surface area contributed by atoms with Gasteiger partial charge in [0.05, 0.1) is 6.20 Å². The van der Waals surface area contributed by atoms with Gasteiger partial charge in [-0.1, -0.05) is 6.07 Å². The molecule has 3 aromatic heterocycles. The average molecular weight is 417 g/mol. The number of imidazole rings is 1. The van der Waals surface area contributed by atoms with E-state index >= 15 is 0 Å².